The van der Waals surface area contributed by atoms with Gasteiger partial charge >= 0.3 is 12.1 Å². The van der Waals surface area contributed by atoms with Crippen LogP contribution in [-0.2, 0) is 17.5 Å². The number of halogens is 4. The third-order valence-corrected chi connectivity index (χ3v) is 4.07. The molecule has 3 nitrogen and oxygen atoms in total. The van der Waals surface area contributed by atoms with Gasteiger partial charge in [-0.25, -0.2) is 0 Å². The highest BCUT2D eigenvalue weighted by molar-refractivity contribution is 6.31. The fourth-order valence-corrected chi connectivity index (χ4v) is 2.63. The molecule has 1 aliphatic heterocycles. The fraction of sp³-hybridized carbons (Fsp3) is 0.500. The number of likely N-dealkylation sites (tertiary alicyclic amines) is 1. The fourth-order valence-electron chi connectivity index (χ4n) is 2.45. The Bertz CT molecular complexity index is 525. The number of hydrogen-bond acceptors (Lipinski definition) is 2. The van der Waals surface area contributed by atoms with Crippen LogP contribution in [0.15, 0.2) is 18.2 Å². The lowest BCUT2D eigenvalue weighted by atomic mass is 9.96. The summed E-state index contributed by atoms with van der Waals surface area (Å²) in [4.78, 5) is 12.8. The summed E-state index contributed by atoms with van der Waals surface area (Å²) < 4.78 is 38.1. The van der Waals surface area contributed by atoms with Crippen molar-refractivity contribution in [2.24, 2.45) is 5.92 Å². The first-order chi connectivity index (χ1) is 9.77. The van der Waals surface area contributed by atoms with Gasteiger partial charge in [-0.05, 0) is 49.7 Å². The maximum absolute atomic E-state index is 12.7. The molecule has 0 aromatic heterocycles. The molecule has 0 saturated carbocycles. The van der Waals surface area contributed by atoms with Crippen LogP contribution in [0, 0.1) is 5.92 Å². The van der Waals surface area contributed by atoms with E-state index < -0.39 is 17.7 Å². The molecule has 21 heavy (non-hydrogen) atoms. The molecule has 1 saturated heterocycles. The number of benzene rings is 1. The molecule has 0 radical (unpaired) electrons. The molecule has 1 N–H and O–H groups in total. The first kappa shape index (κ1) is 16.1. The minimum absolute atomic E-state index is 0.295. The molecular formula is C14H15ClF3NO2. The summed E-state index contributed by atoms with van der Waals surface area (Å²) in [5, 5.41) is 9.21. The Kier molecular flexibility index (Phi) is 4.78. The number of nitrogens with zero attached hydrogens (tertiary/aromatic N) is 1. The number of piperidine rings is 1. The third-order valence-electron chi connectivity index (χ3n) is 3.70. The van der Waals surface area contributed by atoms with Crippen LogP contribution in [0.1, 0.15) is 24.0 Å². The summed E-state index contributed by atoms with van der Waals surface area (Å²) in [5.41, 5.74) is -0.303. The number of carboxylic acids is 1. The van der Waals surface area contributed by atoms with Crippen molar-refractivity contribution >= 4 is 17.6 Å². The van der Waals surface area contributed by atoms with Gasteiger partial charge in [0.15, 0.2) is 0 Å². The standard InChI is InChI=1S/C14H15ClF3NO2/c15-12-2-1-11(14(16,17)18)7-10(12)8-19-5-3-9(4-6-19)13(20)21/h1-2,7,9H,3-6,8H2,(H,20,21). The third kappa shape index (κ3) is 4.11. The highest BCUT2D eigenvalue weighted by Crippen LogP contribution is 2.32. The molecule has 0 atom stereocenters. The SMILES string of the molecule is O=C(O)C1CCN(Cc2cc(C(F)(F)F)ccc2Cl)CC1. The maximum Gasteiger partial charge on any atom is 0.416 e. The Morgan fingerprint density at radius 2 is 1.95 bits per heavy atom. The van der Waals surface area contributed by atoms with Gasteiger partial charge in [0.1, 0.15) is 0 Å². The number of aliphatic carboxylic acids is 1. The Labute approximate surface area is 125 Å². The summed E-state index contributed by atoms with van der Waals surface area (Å²) in [6.45, 7) is 1.39. The first-order valence-electron chi connectivity index (χ1n) is 6.58. The smallest absolute Gasteiger partial charge is 0.416 e. The van der Waals surface area contributed by atoms with Gasteiger partial charge in [0.2, 0.25) is 0 Å². The quantitative estimate of drug-likeness (QED) is 0.923. The molecule has 116 valence electrons. The molecule has 0 amide bonds. The van der Waals surface area contributed by atoms with Crippen LogP contribution < -0.4 is 0 Å². The van der Waals surface area contributed by atoms with E-state index in [0.717, 1.165) is 12.1 Å². The maximum atomic E-state index is 12.7. The van der Waals surface area contributed by atoms with Crippen LogP contribution in [0.3, 0.4) is 0 Å². The summed E-state index contributed by atoms with van der Waals surface area (Å²) >= 11 is 5.96. The minimum atomic E-state index is -4.39. The number of alkyl halides is 3. The molecular weight excluding hydrogens is 307 g/mol. The summed E-state index contributed by atoms with van der Waals surface area (Å²) in [6, 6.07) is 3.28. The monoisotopic (exact) mass is 321 g/mol. The van der Waals surface area contributed by atoms with Crippen molar-refractivity contribution in [2.75, 3.05) is 13.1 Å². The van der Waals surface area contributed by atoms with E-state index in [-0.39, 0.29) is 5.92 Å². The minimum Gasteiger partial charge on any atom is -0.481 e. The molecule has 0 spiro atoms. The number of carbonyl (C=O) groups is 1. The lowest BCUT2D eigenvalue weighted by Gasteiger charge is -2.30. The van der Waals surface area contributed by atoms with Crippen LogP contribution in [0.4, 0.5) is 13.2 Å². The van der Waals surface area contributed by atoms with Crippen molar-refractivity contribution < 1.29 is 23.1 Å². The van der Waals surface area contributed by atoms with E-state index in [4.69, 9.17) is 16.7 Å². The van der Waals surface area contributed by atoms with Crippen molar-refractivity contribution in [1.82, 2.24) is 4.90 Å². The molecule has 2 rings (SSSR count). The van der Waals surface area contributed by atoms with Gasteiger partial charge in [0, 0.05) is 11.6 Å². The number of rotatable bonds is 3. The topological polar surface area (TPSA) is 40.5 Å². The Morgan fingerprint density at radius 3 is 2.48 bits per heavy atom. The van der Waals surface area contributed by atoms with Gasteiger partial charge < -0.3 is 5.11 Å². The van der Waals surface area contributed by atoms with Gasteiger partial charge in [-0.15, -0.1) is 0 Å². The second kappa shape index (κ2) is 6.23. The van der Waals surface area contributed by atoms with Gasteiger partial charge in [-0.3, -0.25) is 9.69 Å². The number of hydrogen-bond donors (Lipinski definition) is 1. The van der Waals surface area contributed by atoms with Crippen molar-refractivity contribution in [1.29, 1.82) is 0 Å². The van der Waals surface area contributed by atoms with E-state index in [1.807, 2.05) is 4.90 Å². The molecule has 1 aromatic carbocycles. The molecule has 1 heterocycles. The summed E-state index contributed by atoms with van der Waals surface area (Å²) in [6.07, 6.45) is -3.38. The predicted molar refractivity (Wildman–Crippen MR) is 72.1 cm³/mol. The van der Waals surface area contributed by atoms with Crippen molar-refractivity contribution in [3.8, 4) is 0 Å². The van der Waals surface area contributed by atoms with E-state index >= 15 is 0 Å². The lowest BCUT2D eigenvalue weighted by molar-refractivity contribution is -0.143. The zero-order chi connectivity index (χ0) is 15.6. The average Bonchev–Trinajstić information content (AvgIpc) is 2.40. The van der Waals surface area contributed by atoms with Crippen molar-refractivity contribution in [3.63, 3.8) is 0 Å². The Morgan fingerprint density at radius 1 is 1.33 bits per heavy atom. The molecule has 0 unspecified atom stereocenters. The lowest BCUT2D eigenvalue weighted by Crippen LogP contribution is -2.35. The normalized spacial score (nSPS) is 17.9. The second-order valence-electron chi connectivity index (χ2n) is 5.19. The summed E-state index contributed by atoms with van der Waals surface area (Å²) in [7, 11) is 0. The van der Waals surface area contributed by atoms with Crippen LogP contribution in [0.25, 0.3) is 0 Å². The van der Waals surface area contributed by atoms with Crippen molar-refractivity contribution in [2.45, 2.75) is 25.6 Å². The molecule has 0 aliphatic carbocycles. The average molecular weight is 322 g/mol. The van der Waals surface area contributed by atoms with Crippen molar-refractivity contribution in [3.05, 3.63) is 34.3 Å². The van der Waals surface area contributed by atoms with E-state index in [0.29, 0.717) is 43.1 Å². The number of carboxylic acid groups (broad SMARTS) is 1. The largest absolute Gasteiger partial charge is 0.481 e. The van der Waals surface area contributed by atoms with Gasteiger partial charge in [0.05, 0.1) is 11.5 Å². The zero-order valence-corrected chi connectivity index (χ0v) is 11.9. The van der Waals surface area contributed by atoms with Crippen LogP contribution >= 0.6 is 11.6 Å². The van der Waals surface area contributed by atoms with E-state index in [1.54, 1.807) is 0 Å². The van der Waals surface area contributed by atoms with Crippen LogP contribution in [0.2, 0.25) is 5.02 Å². The zero-order valence-electron chi connectivity index (χ0n) is 11.2. The van der Waals surface area contributed by atoms with Gasteiger partial charge in [-0.1, -0.05) is 11.6 Å². The second-order valence-corrected chi connectivity index (χ2v) is 5.60. The highest BCUT2D eigenvalue weighted by Gasteiger charge is 2.31. The van der Waals surface area contributed by atoms with E-state index in [9.17, 15) is 18.0 Å². The van der Waals surface area contributed by atoms with Crippen LogP contribution in [0.5, 0.6) is 0 Å². The molecule has 1 aliphatic rings. The van der Waals surface area contributed by atoms with E-state index in [1.165, 1.54) is 6.07 Å². The Balaban J connectivity index is 2.05. The van der Waals surface area contributed by atoms with Gasteiger partial charge in [0.25, 0.3) is 0 Å². The highest BCUT2D eigenvalue weighted by atomic mass is 35.5. The first-order valence-corrected chi connectivity index (χ1v) is 6.96. The predicted octanol–water partition coefficient (Wildman–Crippen LogP) is 3.66. The van der Waals surface area contributed by atoms with E-state index in [2.05, 4.69) is 0 Å². The Hall–Kier alpha value is -1.27. The molecule has 1 fully saturated rings. The van der Waals surface area contributed by atoms with Gasteiger partial charge in [-0.2, -0.15) is 13.2 Å². The molecule has 0 bridgehead atoms. The molecule has 7 heteroatoms. The molecule has 1 aromatic rings. The summed E-state index contributed by atoms with van der Waals surface area (Å²) in [5.74, 6) is -1.18. The van der Waals surface area contributed by atoms with Crippen LogP contribution in [-0.4, -0.2) is 29.1 Å².